The summed E-state index contributed by atoms with van der Waals surface area (Å²) in [7, 11) is 0. The number of rotatable bonds is 4. The minimum Gasteiger partial charge on any atom is -0.481 e. The van der Waals surface area contributed by atoms with Gasteiger partial charge in [-0.15, -0.1) is 0 Å². The lowest BCUT2D eigenvalue weighted by molar-refractivity contribution is -0.137. The molecule has 1 heterocycles. The number of hydrogen-bond acceptors (Lipinski definition) is 2. The molecule has 1 aromatic carbocycles. The predicted octanol–water partition coefficient (Wildman–Crippen LogP) is 3.54. The summed E-state index contributed by atoms with van der Waals surface area (Å²) in [5.74, 6) is -0.697. The minimum absolute atomic E-state index is 0.00352. The lowest BCUT2D eigenvalue weighted by Gasteiger charge is -2.24. The number of nitrogens with zero attached hydrogens (tertiary/aromatic N) is 1. The molecule has 0 aliphatic carbocycles. The van der Waals surface area contributed by atoms with Gasteiger partial charge in [0.2, 0.25) is 0 Å². The van der Waals surface area contributed by atoms with E-state index in [4.69, 9.17) is 16.7 Å². The predicted molar refractivity (Wildman–Crippen MR) is 81.9 cm³/mol. The SMILES string of the molecule is CC(C)c1ccc(C(=O)N2CCCC2CC(=O)O)cc1Cl. The van der Waals surface area contributed by atoms with Crippen LogP contribution in [0.25, 0.3) is 0 Å². The Morgan fingerprint density at radius 3 is 2.71 bits per heavy atom. The summed E-state index contributed by atoms with van der Waals surface area (Å²) in [6, 6.07) is 5.14. The molecule has 5 heteroatoms. The van der Waals surface area contributed by atoms with Crippen LogP contribution in [-0.2, 0) is 4.79 Å². The van der Waals surface area contributed by atoms with Crippen LogP contribution in [0, 0.1) is 0 Å². The van der Waals surface area contributed by atoms with Gasteiger partial charge in [-0.05, 0) is 36.5 Å². The van der Waals surface area contributed by atoms with E-state index in [0.29, 0.717) is 23.0 Å². The molecule has 21 heavy (non-hydrogen) atoms. The highest BCUT2D eigenvalue weighted by molar-refractivity contribution is 6.31. The topological polar surface area (TPSA) is 57.6 Å². The van der Waals surface area contributed by atoms with Crippen molar-refractivity contribution < 1.29 is 14.7 Å². The van der Waals surface area contributed by atoms with Crippen molar-refractivity contribution in [3.63, 3.8) is 0 Å². The number of carboxylic acid groups (broad SMARTS) is 1. The molecule has 1 unspecified atom stereocenters. The molecule has 1 aliphatic heterocycles. The molecule has 114 valence electrons. The van der Waals surface area contributed by atoms with Gasteiger partial charge in [0, 0.05) is 23.2 Å². The van der Waals surface area contributed by atoms with Crippen LogP contribution in [0.2, 0.25) is 5.02 Å². The van der Waals surface area contributed by atoms with Crippen LogP contribution in [0.1, 0.15) is 54.9 Å². The van der Waals surface area contributed by atoms with Gasteiger partial charge < -0.3 is 10.0 Å². The van der Waals surface area contributed by atoms with Gasteiger partial charge in [0.15, 0.2) is 0 Å². The molecule has 1 atom stereocenters. The maximum atomic E-state index is 12.5. The Morgan fingerprint density at radius 1 is 1.43 bits per heavy atom. The number of amides is 1. The number of halogens is 1. The van der Waals surface area contributed by atoms with Crippen LogP contribution in [0.15, 0.2) is 18.2 Å². The first-order valence-electron chi connectivity index (χ1n) is 7.22. The van der Waals surface area contributed by atoms with E-state index in [9.17, 15) is 9.59 Å². The van der Waals surface area contributed by atoms with Gasteiger partial charge in [0.05, 0.1) is 6.42 Å². The van der Waals surface area contributed by atoms with E-state index < -0.39 is 5.97 Å². The monoisotopic (exact) mass is 309 g/mol. The fraction of sp³-hybridized carbons (Fsp3) is 0.500. The fourth-order valence-corrected chi connectivity index (χ4v) is 3.21. The number of aliphatic carboxylic acids is 1. The van der Waals surface area contributed by atoms with E-state index in [1.54, 1.807) is 17.0 Å². The summed E-state index contributed by atoms with van der Waals surface area (Å²) in [5, 5.41) is 9.51. The van der Waals surface area contributed by atoms with E-state index in [2.05, 4.69) is 0 Å². The van der Waals surface area contributed by atoms with Crippen molar-refractivity contribution in [2.75, 3.05) is 6.54 Å². The summed E-state index contributed by atoms with van der Waals surface area (Å²) in [6.45, 7) is 4.71. The van der Waals surface area contributed by atoms with E-state index in [1.807, 2.05) is 19.9 Å². The highest BCUT2D eigenvalue weighted by atomic mass is 35.5. The molecule has 0 radical (unpaired) electrons. The van der Waals surface area contributed by atoms with Crippen LogP contribution in [0.5, 0.6) is 0 Å². The van der Waals surface area contributed by atoms with Crippen LogP contribution >= 0.6 is 11.6 Å². The van der Waals surface area contributed by atoms with Crippen molar-refractivity contribution in [1.82, 2.24) is 4.90 Å². The van der Waals surface area contributed by atoms with Gasteiger partial charge in [-0.1, -0.05) is 31.5 Å². The molecule has 1 fully saturated rings. The van der Waals surface area contributed by atoms with Crippen LogP contribution in [-0.4, -0.2) is 34.5 Å². The number of hydrogen-bond donors (Lipinski definition) is 1. The molecule has 0 saturated carbocycles. The van der Waals surface area contributed by atoms with Crippen LogP contribution in [0.4, 0.5) is 0 Å². The molecule has 4 nitrogen and oxygen atoms in total. The zero-order chi connectivity index (χ0) is 15.6. The van der Waals surface area contributed by atoms with Crippen molar-refractivity contribution in [3.05, 3.63) is 34.3 Å². The average Bonchev–Trinajstić information content (AvgIpc) is 2.84. The third-order valence-corrected chi connectivity index (χ3v) is 4.24. The third-order valence-electron chi connectivity index (χ3n) is 3.92. The Hall–Kier alpha value is -1.55. The third kappa shape index (κ3) is 3.56. The summed E-state index contributed by atoms with van der Waals surface area (Å²) in [5.41, 5.74) is 1.54. The van der Waals surface area contributed by atoms with Crippen molar-refractivity contribution in [2.24, 2.45) is 0 Å². The Morgan fingerprint density at radius 2 is 2.14 bits per heavy atom. The first-order valence-corrected chi connectivity index (χ1v) is 7.60. The van der Waals surface area contributed by atoms with E-state index >= 15 is 0 Å². The molecule has 1 aromatic rings. The summed E-state index contributed by atoms with van der Waals surface area (Å²) in [6.07, 6.45) is 1.60. The Labute approximate surface area is 129 Å². The Bertz CT molecular complexity index is 556. The number of carbonyl (C=O) groups is 2. The van der Waals surface area contributed by atoms with Gasteiger partial charge >= 0.3 is 5.97 Å². The van der Waals surface area contributed by atoms with Crippen LogP contribution < -0.4 is 0 Å². The quantitative estimate of drug-likeness (QED) is 0.925. The van der Waals surface area contributed by atoms with Gasteiger partial charge in [-0.3, -0.25) is 9.59 Å². The molecule has 1 aliphatic rings. The Kier molecular flexibility index (Phi) is 4.88. The van der Waals surface area contributed by atoms with Gasteiger partial charge in [0.1, 0.15) is 0 Å². The van der Waals surface area contributed by atoms with E-state index in [-0.39, 0.29) is 18.4 Å². The highest BCUT2D eigenvalue weighted by Crippen LogP contribution is 2.28. The van der Waals surface area contributed by atoms with E-state index in [0.717, 1.165) is 18.4 Å². The van der Waals surface area contributed by atoms with Crippen molar-refractivity contribution in [3.8, 4) is 0 Å². The molecule has 1 saturated heterocycles. The number of carbonyl (C=O) groups excluding carboxylic acids is 1. The zero-order valence-corrected chi connectivity index (χ0v) is 13.1. The number of likely N-dealkylation sites (tertiary alicyclic amines) is 1. The lowest BCUT2D eigenvalue weighted by Crippen LogP contribution is -2.36. The number of benzene rings is 1. The average molecular weight is 310 g/mol. The summed E-state index contributed by atoms with van der Waals surface area (Å²) in [4.78, 5) is 25.1. The van der Waals surface area contributed by atoms with Gasteiger partial charge in [-0.2, -0.15) is 0 Å². The molecule has 2 rings (SSSR count). The molecule has 1 amide bonds. The fourth-order valence-electron chi connectivity index (χ4n) is 2.81. The molecule has 0 spiro atoms. The summed E-state index contributed by atoms with van der Waals surface area (Å²) >= 11 is 6.23. The van der Waals surface area contributed by atoms with Gasteiger partial charge in [-0.25, -0.2) is 0 Å². The molecular weight excluding hydrogens is 290 g/mol. The van der Waals surface area contributed by atoms with Crippen molar-refractivity contribution in [2.45, 2.75) is 45.1 Å². The zero-order valence-electron chi connectivity index (χ0n) is 12.3. The number of carboxylic acids is 1. The van der Waals surface area contributed by atoms with Crippen molar-refractivity contribution >= 4 is 23.5 Å². The lowest BCUT2D eigenvalue weighted by atomic mass is 10.0. The second kappa shape index (κ2) is 6.48. The maximum Gasteiger partial charge on any atom is 0.305 e. The second-order valence-corrected chi connectivity index (χ2v) is 6.19. The smallest absolute Gasteiger partial charge is 0.305 e. The first-order chi connectivity index (χ1) is 9.90. The Balaban J connectivity index is 2.19. The normalized spacial score (nSPS) is 18.3. The van der Waals surface area contributed by atoms with Crippen molar-refractivity contribution in [1.29, 1.82) is 0 Å². The second-order valence-electron chi connectivity index (χ2n) is 5.78. The van der Waals surface area contributed by atoms with E-state index in [1.165, 1.54) is 0 Å². The summed E-state index contributed by atoms with van der Waals surface area (Å²) < 4.78 is 0. The molecule has 0 aromatic heterocycles. The first kappa shape index (κ1) is 15.8. The molecule has 0 bridgehead atoms. The van der Waals surface area contributed by atoms with Gasteiger partial charge in [0.25, 0.3) is 5.91 Å². The largest absolute Gasteiger partial charge is 0.481 e. The molecular formula is C16H20ClNO3. The minimum atomic E-state index is -0.868. The standard InChI is InChI=1S/C16H20ClNO3/c1-10(2)13-6-5-11(8-14(13)17)16(21)18-7-3-4-12(18)9-15(19)20/h5-6,8,10,12H,3-4,7,9H2,1-2H3,(H,19,20). The van der Waals surface area contributed by atoms with Crippen LogP contribution in [0.3, 0.4) is 0 Å². The molecule has 1 N–H and O–H groups in total. The highest BCUT2D eigenvalue weighted by Gasteiger charge is 2.31. The maximum absolute atomic E-state index is 12.5.